The highest BCUT2D eigenvalue weighted by Crippen LogP contribution is 2.37. The quantitative estimate of drug-likeness (QED) is 0.517. The van der Waals surface area contributed by atoms with E-state index in [2.05, 4.69) is 10.6 Å². The Kier molecular flexibility index (Phi) is 6.97. The second-order valence-corrected chi connectivity index (χ2v) is 11.8. The summed E-state index contributed by atoms with van der Waals surface area (Å²) >= 11 is 6.23. The number of sulfonamides is 1. The van der Waals surface area contributed by atoms with E-state index in [1.807, 2.05) is 0 Å². The second-order valence-electron chi connectivity index (χ2n) is 9.46. The summed E-state index contributed by atoms with van der Waals surface area (Å²) in [6.07, 6.45) is 2.55. The summed E-state index contributed by atoms with van der Waals surface area (Å²) in [4.78, 5) is 39.7. The lowest BCUT2D eigenvalue weighted by Gasteiger charge is -2.26. The molecule has 4 amide bonds. The molecule has 0 aromatic heterocycles. The van der Waals surface area contributed by atoms with Gasteiger partial charge in [-0.3, -0.25) is 14.5 Å². The number of carbonyl (C=O) groups is 3. The number of urea groups is 1. The summed E-state index contributed by atoms with van der Waals surface area (Å²) in [6, 6.07) is 8.27. The van der Waals surface area contributed by atoms with Crippen molar-refractivity contribution in [3.05, 3.63) is 47.0 Å². The Hall–Kier alpha value is -3.35. The number of hydrogen-bond donors (Lipinski definition) is 2. The van der Waals surface area contributed by atoms with E-state index < -0.39 is 40.0 Å². The van der Waals surface area contributed by atoms with Gasteiger partial charge in [0, 0.05) is 13.1 Å². The molecule has 13 heteroatoms. The van der Waals surface area contributed by atoms with Crippen molar-refractivity contribution in [2.24, 2.45) is 0 Å². The van der Waals surface area contributed by atoms with E-state index in [-0.39, 0.29) is 15.6 Å². The third kappa shape index (κ3) is 4.79. The van der Waals surface area contributed by atoms with Crippen molar-refractivity contribution in [1.29, 1.82) is 0 Å². The molecule has 2 aromatic carbocycles. The third-order valence-electron chi connectivity index (χ3n) is 6.86. The Balaban J connectivity index is 1.31. The molecule has 1 atom stereocenters. The number of piperidine rings is 1. The number of amides is 4. The molecule has 0 radical (unpaired) electrons. The number of rotatable bonds is 6. The highest BCUT2D eigenvalue weighted by molar-refractivity contribution is 7.89. The molecule has 3 aliphatic heterocycles. The van der Waals surface area contributed by atoms with Crippen LogP contribution in [-0.4, -0.2) is 68.3 Å². The SMILES string of the molecule is CC1(c2ccc3c(c2)OCCO3)NC(=O)N(CC(=O)Nc2cc(S(=O)(=O)N3CCCCC3)ccc2Cl)C1=O. The van der Waals surface area contributed by atoms with Crippen LogP contribution in [-0.2, 0) is 25.2 Å². The van der Waals surface area contributed by atoms with Crippen molar-refractivity contribution < 1.29 is 32.3 Å². The van der Waals surface area contributed by atoms with Gasteiger partial charge in [0.25, 0.3) is 5.91 Å². The van der Waals surface area contributed by atoms with Gasteiger partial charge in [-0.15, -0.1) is 0 Å². The van der Waals surface area contributed by atoms with Gasteiger partial charge in [-0.1, -0.05) is 24.1 Å². The zero-order valence-corrected chi connectivity index (χ0v) is 22.2. The average Bonchev–Trinajstić information content (AvgIpc) is 3.13. The van der Waals surface area contributed by atoms with E-state index in [1.54, 1.807) is 25.1 Å². The van der Waals surface area contributed by atoms with Crippen molar-refractivity contribution in [3.8, 4) is 11.5 Å². The number of anilines is 1. The maximum atomic E-state index is 13.3. The predicted molar refractivity (Wildman–Crippen MR) is 138 cm³/mol. The van der Waals surface area contributed by atoms with Crippen LogP contribution in [0.1, 0.15) is 31.7 Å². The molecule has 38 heavy (non-hydrogen) atoms. The fourth-order valence-corrected chi connectivity index (χ4v) is 6.45. The summed E-state index contributed by atoms with van der Waals surface area (Å²) in [5, 5.41) is 5.31. The van der Waals surface area contributed by atoms with Gasteiger partial charge in [-0.2, -0.15) is 4.31 Å². The van der Waals surface area contributed by atoms with Crippen LogP contribution in [0.3, 0.4) is 0 Å². The van der Waals surface area contributed by atoms with Crippen LogP contribution >= 0.6 is 11.6 Å². The number of fused-ring (bicyclic) bond motifs is 1. The summed E-state index contributed by atoms with van der Waals surface area (Å²) in [7, 11) is -3.75. The Morgan fingerprint density at radius 3 is 2.50 bits per heavy atom. The van der Waals surface area contributed by atoms with Gasteiger partial charge in [0.1, 0.15) is 25.3 Å². The first-order valence-corrected chi connectivity index (χ1v) is 14.1. The fourth-order valence-electron chi connectivity index (χ4n) is 4.74. The minimum atomic E-state index is -3.75. The standard InChI is InChI=1S/C25H27ClN4O7S/c1-25(16-5-8-20-21(13-16)37-12-11-36-20)23(32)30(24(33)28-25)15-22(31)27-19-14-17(6-7-18(19)26)38(34,35)29-9-3-2-4-10-29/h5-8,13-14H,2-4,9-12,15H2,1H3,(H,27,31)(H,28,33). The van der Waals surface area contributed by atoms with Gasteiger partial charge in [0.2, 0.25) is 15.9 Å². The number of nitrogens with zero attached hydrogens (tertiary/aromatic N) is 2. The molecule has 2 saturated heterocycles. The molecular formula is C25H27ClN4O7S. The molecule has 2 fully saturated rings. The lowest BCUT2D eigenvalue weighted by molar-refractivity contribution is -0.133. The van der Waals surface area contributed by atoms with Gasteiger partial charge >= 0.3 is 6.03 Å². The lowest BCUT2D eigenvalue weighted by atomic mass is 9.91. The van der Waals surface area contributed by atoms with Crippen LogP contribution in [0.15, 0.2) is 41.3 Å². The fraction of sp³-hybridized carbons (Fsp3) is 0.400. The Morgan fingerprint density at radius 1 is 1.05 bits per heavy atom. The van der Waals surface area contributed by atoms with Crippen molar-refractivity contribution in [2.45, 2.75) is 36.6 Å². The maximum absolute atomic E-state index is 13.3. The van der Waals surface area contributed by atoms with Crippen molar-refractivity contribution >= 4 is 45.2 Å². The van der Waals surface area contributed by atoms with Gasteiger partial charge in [-0.25, -0.2) is 13.2 Å². The van der Waals surface area contributed by atoms with Crippen LogP contribution in [0.4, 0.5) is 10.5 Å². The highest BCUT2D eigenvalue weighted by atomic mass is 35.5. The first kappa shape index (κ1) is 26.3. The Bertz CT molecular complexity index is 1410. The number of hydrogen-bond acceptors (Lipinski definition) is 7. The van der Waals surface area contributed by atoms with E-state index in [0.29, 0.717) is 43.4 Å². The molecule has 2 aromatic rings. The molecule has 11 nitrogen and oxygen atoms in total. The molecule has 1 unspecified atom stereocenters. The van der Waals surface area contributed by atoms with Crippen LogP contribution in [0.2, 0.25) is 5.02 Å². The number of carbonyl (C=O) groups excluding carboxylic acids is 3. The van der Waals surface area contributed by atoms with Crippen molar-refractivity contribution in [3.63, 3.8) is 0 Å². The average molecular weight is 563 g/mol. The second kappa shape index (κ2) is 10.1. The molecule has 2 N–H and O–H groups in total. The number of nitrogens with one attached hydrogen (secondary N) is 2. The molecule has 3 aliphatic rings. The smallest absolute Gasteiger partial charge is 0.325 e. The molecule has 0 bridgehead atoms. The normalized spacial score (nSPS) is 21.8. The summed E-state index contributed by atoms with van der Waals surface area (Å²) in [6.45, 7) is 2.59. The van der Waals surface area contributed by atoms with Crippen LogP contribution in [0.5, 0.6) is 11.5 Å². The van der Waals surface area contributed by atoms with E-state index in [4.69, 9.17) is 21.1 Å². The van der Waals surface area contributed by atoms with E-state index in [1.165, 1.54) is 22.5 Å². The predicted octanol–water partition coefficient (Wildman–Crippen LogP) is 2.69. The number of ether oxygens (including phenoxy) is 2. The van der Waals surface area contributed by atoms with Gasteiger partial charge in [0.15, 0.2) is 11.5 Å². The zero-order valence-electron chi connectivity index (χ0n) is 20.7. The summed E-state index contributed by atoms with van der Waals surface area (Å²) in [5.74, 6) is -0.337. The van der Waals surface area contributed by atoms with Crippen LogP contribution in [0.25, 0.3) is 0 Å². The molecule has 3 heterocycles. The topological polar surface area (TPSA) is 134 Å². The maximum Gasteiger partial charge on any atom is 0.325 e. The van der Waals surface area contributed by atoms with Crippen LogP contribution < -0.4 is 20.1 Å². The van der Waals surface area contributed by atoms with Crippen molar-refractivity contribution in [1.82, 2.24) is 14.5 Å². The first-order valence-electron chi connectivity index (χ1n) is 12.2. The first-order chi connectivity index (χ1) is 18.1. The highest BCUT2D eigenvalue weighted by Gasteiger charge is 2.50. The molecule has 202 valence electrons. The monoisotopic (exact) mass is 562 g/mol. The van der Waals surface area contributed by atoms with E-state index >= 15 is 0 Å². The van der Waals surface area contributed by atoms with E-state index in [9.17, 15) is 22.8 Å². The molecular weight excluding hydrogens is 536 g/mol. The van der Waals surface area contributed by atoms with Crippen molar-refractivity contribution in [2.75, 3.05) is 38.2 Å². The molecule has 5 rings (SSSR count). The number of halogens is 1. The zero-order chi connectivity index (χ0) is 27.1. The van der Waals surface area contributed by atoms with Gasteiger partial charge < -0.3 is 20.1 Å². The van der Waals surface area contributed by atoms with E-state index in [0.717, 1.165) is 24.2 Å². The summed E-state index contributed by atoms with van der Waals surface area (Å²) < 4.78 is 38.6. The minimum Gasteiger partial charge on any atom is -0.486 e. The Morgan fingerprint density at radius 2 is 1.76 bits per heavy atom. The van der Waals surface area contributed by atoms with Gasteiger partial charge in [0.05, 0.1) is 15.6 Å². The Labute approximate surface area is 225 Å². The third-order valence-corrected chi connectivity index (χ3v) is 9.09. The molecule has 0 spiro atoms. The largest absolute Gasteiger partial charge is 0.486 e. The molecule has 0 aliphatic carbocycles. The lowest BCUT2D eigenvalue weighted by Crippen LogP contribution is -2.42. The molecule has 0 saturated carbocycles. The van der Waals surface area contributed by atoms with Gasteiger partial charge in [-0.05, 0) is 55.7 Å². The minimum absolute atomic E-state index is 0.000255. The van der Waals surface area contributed by atoms with Crippen LogP contribution in [0, 0.1) is 0 Å². The number of imide groups is 1. The summed E-state index contributed by atoms with van der Waals surface area (Å²) in [5.41, 5.74) is -0.883. The number of benzene rings is 2.